The van der Waals surface area contributed by atoms with Crippen molar-refractivity contribution in [2.75, 3.05) is 42.9 Å². The summed E-state index contributed by atoms with van der Waals surface area (Å²) in [7, 11) is 3.03. The third-order valence-corrected chi connectivity index (χ3v) is 6.21. The van der Waals surface area contributed by atoms with Gasteiger partial charge in [0.25, 0.3) is 5.91 Å². The number of nitrogens with two attached hydrogens (primary N) is 1. The molecule has 1 saturated heterocycles. The largest absolute Gasteiger partial charge is 0.497 e. The maximum absolute atomic E-state index is 12.1. The van der Waals surface area contributed by atoms with Crippen molar-refractivity contribution in [1.82, 2.24) is 9.97 Å². The van der Waals surface area contributed by atoms with E-state index in [9.17, 15) is 14.7 Å². The molecule has 3 aromatic rings. The number of hydrogen-bond donors (Lipinski definition) is 4. The highest BCUT2D eigenvalue weighted by atomic mass is 16.5. The van der Waals surface area contributed by atoms with E-state index in [-0.39, 0.29) is 41.5 Å². The van der Waals surface area contributed by atoms with Gasteiger partial charge >= 0.3 is 0 Å². The van der Waals surface area contributed by atoms with Gasteiger partial charge in [-0.25, -0.2) is 4.98 Å². The van der Waals surface area contributed by atoms with Gasteiger partial charge in [0.15, 0.2) is 5.75 Å². The number of rotatable bonds is 11. The molecule has 0 unspecified atom stereocenters. The number of primary amides is 1. The summed E-state index contributed by atoms with van der Waals surface area (Å²) in [5, 5.41) is 15.4. The first-order valence-corrected chi connectivity index (χ1v) is 12.2. The zero-order valence-electron chi connectivity index (χ0n) is 21.6. The second-order valence-electron chi connectivity index (χ2n) is 8.62. The summed E-state index contributed by atoms with van der Waals surface area (Å²) in [4.78, 5) is 34.8. The van der Waals surface area contributed by atoms with Crippen molar-refractivity contribution in [2.45, 2.75) is 18.9 Å². The highest BCUT2D eigenvalue weighted by Gasteiger charge is 2.25. The summed E-state index contributed by atoms with van der Waals surface area (Å²) in [5.41, 5.74) is 7.24. The Balaban J connectivity index is 1.64. The van der Waals surface area contributed by atoms with E-state index in [0.29, 0.717) is 17.2 Å². The third kappa shape index (κ3) is 6.18. The maximum Gasteiger partial charge on any atom is 0.255 e. The predicted molar refractivity (Wildman–Crippen MR) is 146 cm³/mol. The van der Waals surface area contributed by atoms with Crippen LogP contribution in [0.15, 0.2) is 55.3 Å². The molecule has 1 aliphatic rings. The molecule has 5 N–H and O–H groups in total. The van der Waals surface area contributed by atoms with E-state index < -0.39 is 11.8 Å². The number of benzene rings is 2. The number of nitrogens with zero attached hydrogens (tertiary/aromatic N) is 3. The molecule has 1 atom stereocenters. The second-order valence-corrected chi connectivity index (χ2v) is 8.62. The van der Waals surface area contributed by atoms with Crippen LogP contribution in [0.4, 0.5) is 23.0 Å². The maximum atomic E-state index is 12.1. The van der Waals surface area contributed by atoms with Crippen LogP contribution in [0.1, 0.15) is 23.2 Å². The number of carbonyl (C=O) groups excluding carboxylic acids is 2. The molecule has 1 aliphatic heterocycles. The van der Waals surface area contributed by atoms with Gasteiger partial charge in [-0.05, 0) is 43.2 Å². The van der Waals surface area contributed by atoms with E-state index in [2.05, 4.69) is 32.1 Å². The van der Waals surface area contributed by atoms with Gasteiger partial charge in [-0.2, -0.15) is 4.98 Å². The van der Waals surface area contributed by atoms with Crippen molar-refractivity contribution < 1.29 is 28.9 Å². The van der Waals surface area contributed by atoms with Crippen molar-refractivity contribution in [3.8, 4) is 23.1 Å². The molecule has 1 fully saturated rings. The Morgan fingerprint density at radius 3 is 2.69 bits per heavy atom. The zero-order valence-corrected chi connectivity index (χ0v) is 21.6. The van der Waals surface area contributed by atoms with Gasteiger partial charge in [-0.1, -0.05) is 6.58 Å². The fraction of sp³-hybridized carbons (Fsp3) is 0.259. The number of anilines is 4. The highest BCUT2D eigenvalue weighted by molar-refractivity contribution is 6.00. The molecule has 0 saturated carbocycles. The van der Waals surface area contributed by atoms with Gasteiger partial charge in [0.05, 0.1) is 38.2 Å². The lowest BCUT2D eigenvalue weighted by molar-refractivity contribution is -0.111. The van der Waals surface area contributed by atoms with E-state index in [1.165, 1.54) is 13.3 Å². The molecule has 204 valence electrons. The number of carbonyl (C=O) groups is 2. The topological polar surface area (TPSA) is 161 Å². The molecule has 0 bridgehead atoms. The number of aromatic nitrogens is 2. The van der Waals surface area contributed by atoms with Crippen molar-refractivity contribution in [3.63, 3.8) is 0 Å². The van der Waals surface area contributed by atoms with Crippen LogP contribution in [0.3, 0.4) is 0 Å². The smallest absolute Gasteiger partial charge is 0.255 e. The van der Waals surface area contributed by atoms with Crippen molar-refractivity contribution in [3.05, 3.63) is 60.8 Å². The van der Waals surface area contributed by atoms with Gasteiger partial charge in [-0.15, -0.1) is 0 Å². The van der Waals surface area contributed by atoms with Crippen LogP contribution in [0.25, 0.3) is 0 Å². The Morgan fingerprint density at radius 2 is 2.00 bits per heavy atom. The fourth-order valence-electron chi connectivity index (χ4n) is 4.23. The predicted octanol–water partition coefficient (Wildman–Crippen LogP) is 3.21. The average Bonchev–Trinajstić information content (AvgIpc) is 3.43. The summed E-state index contributed by atoms with van der Waals surface area (Å²) < 4.78 is 16.7. The normalized spacial score (nSPS) is 14.4. The Morgan fingerprint density at radius 1 is 1.18 bits per heavy atom. The SMILES string of the molecule is C=CC(=O)Nc1cc(OC)ccc1Oc1nc(Nc2ccc(N3CCC[C@@H]3CO)cc2OC)ncc1C(N)=O. The van der Waals surface area contributed by atoms with E-state index in [4.69, 9.17) is 19.9 Å². The number of methoxy groups -OCH3 is 2. The first-order chi connectivity index (χ1) is 18.9. The third-order valence-electron chi connectivity index (χ3n) is 6.21. The lowest BCUT2D eigenvalue weighted by Crippen LogP contribution is -2.31. The van der Waals surface area contributed by atoms with Gasteiger partial charge in [-0.3, -0.25) is 9.59 Å². The van der Waals surface area contributed by atoms with Crippen LogP contribution in [0.5, 0.6) is 23.1 Å². The van der Waals surface area contributed by atoms with Crippen molar-refractivity contribution >= 4 is 34.8 Å². The molecule has 4 rings (SSSR count). The first kappa shape index (κ1) is 27.2. The Kier molecular flexibility index (Phi) is 8.46. The molecule has 2 amide bonds. The molecular formula is C27H30N6O6. The summed E-state index contributed by atoms with van der Waals surface area (Å²) in [6.07, 6.45) is 4.28. The molecule has 2 heterocycles. The number of ether oxygens (including phenoxy) is 3. The van der Waals surface area contributed by atoms with Crippen molar-refractivity contribution in [1.29, 1.82) is 0 Å². The standard InChI is InChI=1S/C27H30N6O6/c1-4-24(35)30-21-13-18(37-2)8-10-22(21)39-26-19(25(28)36)14-29-27(32-26)31-20-9-7-16(12-23(20)38-3)33-11-5-6-17(33)15-34/h4,7-10,12-14,17,34H,1,5-6,11,15H2,2-3H3,(H2,28,36)(H,30,35)(H,29,31,32)/t17-/m1/s1. The Hall–Kier alpha value is -4.84. The Bertz CT molecular complexity index is 1380. The van der Waals surface area contributed by atoms with Crippen LogP contribution in [-0.4, -0.2) is 60.3 Å². The highest BCUT2D eigenvalue weighted by Crippen LogP contribution is 2.36. The average molecular weight is 535 g/mol. The molecule has 0 aliphatic carbocycles. The first-order valence-electron chi connectivity index (χ1n) is 12.2. The monoisotopic (exact) mass is 534 g/mol. The van der Waals surface area contributed by atoms with Crippen LogP contribution >= 0.6 is 0 Å². The minimum Gasteiger partial charge on any atom is -0.497 e. The van der Waals surface area contributed by atoms with E-state index in [0.717, 1.165) is 31.1 Å². The van der Waals surface area contributed by atoms with Gasteiger partial charge in [0.2, 0.25) is 17.7 Å². The number of amides is 2. The lowest BCUT2D eigenvalue weighted by Gasteiger charge is -2.26. The van der Waals surface area contributed by atoms with E-state index in [1.54, 1.807) is 25.3 Å². The molecule has 1 aromatic heterocycles. The number of hydrogen-bond acceptors (Lipinski definition) is 10. The Labute approximate surface area is 225 Å². The summed E-state index contributed by atoms with van der Waals surface area (Å²) in [5.74, 6) is -0.0966. The molecular weight excluding hydrogens is 504 g/mol. The molecule has 0 spiro atoms. The van der Waals surface area contributed by atoms with Gasteiger partial charge in [0, 0.05) is 30.6 Å². The summed E-state index contributed by atoms with van der Waals surface area (Å²) in [6.45, 7) is 4.38. The van der Waals surface area contributed by atoms with Crippen LogP contribution < -0.4 is 35.5 Å². The number of aliphatic hydroxyl groups is 1. The van der Waals surface area contributed by atoms with E-state index >= 15 is 0 Å². The van der Waals surface area contributed by atoms with Crippen LogP contribution in [0, 0.1) is 0 Å². The van der Waals surface area contributed by atoms with Gasteiger partial charge in [0.1, 0.15) is 17.1 Å². The quantitative estimate of drug-likeness (QED) is 0.269. The molecule has 0 radical (unpaired) electrons. The summed E-state index contributed by atoms with van der Waals surface area (Å²) in [6, 6.07) is 10.4. The summed E-state index contributed by atoms with van der Waals surface area (Å²) >= 11 is 0. The molecule has 12 heteroatoms. The number of nitrogens with one attached hydrogen (secondary N) is 2. The fourth-order valence-corrected chi connectivity index (χ4v) is 4.23. The lowest BCUT2D eigenvalue weighted by atomic mass is 10.2. The van der Waals surface area contributed by atoms with Crippen LogP contribution in [0.2, 0.25) is 0 Å². The molecule has 39 heavy (non-hydrogen) atoms. The van der Waals surface area contributed by atoms with Gasteiger partial charge < -0.3 is 40.6 Å². The van der Waals surface area contributed by atoms with E-state index in [1.807, 2.05) is 18.2 Å². The van der Waals surface area contributed by atoms with Crippen LogP contribution in [-0.2, 0) is 4.79 Å². The number of aliphatic hydroxyl groups excluding tert-OH is 1. The minimum absolute atomic E-state index is 0.0660. The molecule has 12 nitrogen and oxygen atoms in total. The van der Waals surface area contributed by atoms with Crippen molar-refractivity contribution in [2.24, 2.45) is 5.73 Å². The minimum atomic E-state index is -0.798. The second kappa shape index (κ2) is 12.1. The zero-order chi connectivity index (χ0) is 27.9. The molecule has 2 aromatic carbocycles.